The van der Waals surface area contributed by atoms with Crippen molar-refractivity contribution in [3.8, 4) is 0 Å². The molecule has 2 aliphatic rings. The highest BCUT2D eigenvalue weighted by Gasteiger charge is 2.23. The minimum Gasteiger partial charge on any atom is -0.366 e. The molecule has 132 valence electrons. The van der Waals surface area contributed by atoms with Crippen LogP contribution in [0.2, 0.25) is 0 Å². The third-order valence-electron chi connectivity index (χ3n) is 5.18. The van der Waals surface area contributed by atoms with Gasteiger partial charge in [-0.3, -0.25) is 9.88 Å². The number of aromatic nitrogens is 1. The van der Waals surface area contributed by atoms with Crippen LogP contribution in [0.25, 0.3) is 0 Å². The summed E-state index contributed by atoms with van der Waals surface area (Å²) >= 11 is 5.79. The second kappa shape index (κ2) is 9.44. The number of rotatable bonds is 6. The highest BCUT2D eigenvalue weighted by atomic mass is 32.1. The van der Waals surface area contributed by atoms with Gasteiger partial charge in [0.1, 0.15) is 0 Å². The van der Waals surface area contributed by atoms with E-state index in [4.69, 9.17) is 12.2 Å². The maximum atomic E-state index is 5.79. The van der Waals surface area contributed by atoms with E-state index in [0.29, 0.717) is 0 Å². The lowest BCUT2D eigenvalue weighted by Gasteiger charge is -2.32. The van der Waals surface area contributed by atoms with Gasteiger partial charge in [0.2, 0.25) is 0 Å². The predicted molar refractivity (Wildman–Crippen MR) is 103 cm³/mol. The standard InChI is InChI=1S/C19H30N4S/c24-19(21-16-23-13-7-2-8-14-23)17(18-9-3-4-10-20-18)15-22-11-5-1-6-12-22/h3-4,9-10,17H,1-2,5-8,11-16H2,(H,21,24). The average Bonchev–Trinajstić information content (AvgIpc) is 2.66. The molecular weight excluding hydrogens is 316 g/mol. The molecule has 24 heavy (non-hydrogen) atoms. The van der Waals surface area contributed by atoms with Crippen molar-refractivity contribution in [3.05, 3.63) is 30.1 Å². The van der Waals surface area contributed by atoms with Crippen LogP contribution in [0.1, 0.15) is 50.1 Å². The van der Waals surface area contributed by atoms with E-state index in [0.717, 1.165) is 23.9 Å². The number of likely N-dealkylation sites (tertiary alicyclic amines) is 2. The van der Waals surface area contributed by atoms with Crippen LogP contribution in [0, 0.1) is 0 Å². The van der Waals surface area contributed by atoms with Crippen molar-refractivity contribution in [3.63, 3.8) is 0 Å². The van der Waals surface area contributed by atoms with Crippen molar-refractivity contribution >= 4 is 17.2 Å². The van der Waals surface area contributed by atoms with Gasteiger partial charge in [0, 0.05) is 12.7 Å². The van der Waals surface area contributed by atoms with Gasteiger partial charge in [0.25, 0.3) is 0 Å². The van der Waals surface area contributed by atoms with Crippen LogP contribution in [-0.4, -0.2) is 59.2 Å². The smallest absolute Gasteiger partial charge is 0.0868 e. The molecule has 0 radical (unpaired) electrons. The van der Waals surface area contributed by atoms with Crippen LogP contribution in [0.3, 0.4) is 0 Å². The number of pyridine rings is 1. The van der Waals surface area contributed by atoms with Crippen LogP contribution in [0.4, 0.5) is 0 Å². The minimum atomic E-state index is 0.198. The third kappa shape index (κ3) is 5.23. The molecule has 3 heterocycles. The van der Waals surface area contributed by atoms with E-state index in [-0.39, 0.29) is 5.92 Å². The van der Waals surface area contributed by atoms with Gasteiger partial charge in [0.05, 0.1) is 23.3 Å². The summed E-state index contributed by atoms with van der Waals surface area (Å²) < 4.78 is 0. The molecule has 0 aromatic carbocycles. The number of nitrogens with one attached hydrogen (secondary N) is 1. The second-order valence-corrected chi connectivity index (χ2v) is 7.49. The Labute approximate surface area is 151 Å². The Morgan fingerprint density at radius 2 is 1.67 bits per heavy atom. The fourth-order valence-corrected chi connectivity index (χ4v) is 3.98. The molecule has 2 fully saturated rings. The average molecular weight is 347 g/mol. The molecule has 3 rings (SSSR count). The third-order valence-corrected chi connectivity index (χ3v) is 5.61. The lowest BCUT2D eigenvalue weighted by Crippen LogP contribution is -2.44. The molecule has 1 aromatic rings. The zero-order valence-corrected chi connectivity index (χ0v) is 15.4. The van der Waals surface area contributed by atoms with Crippen molar-refractivity contribution in [2.45, 2.75) is 44.4 Å². The van der Waals surface area contributed by atoms with Crippen molar-refractivity contribution < 1.29 is 0 Å². The summed E-state index contributed by atoms with van der Waals surface area (Å²) in [6.45, 7) is 6.63. The number of hydrogen-bond acceptors (Lipinski definition) is 4. The highest BCUT2D eigenvalue weighted by molar-refractivity contribution is 7.80. The zero-order valence-electron chi connectivity index (χ0n) is 14.6. The lowest BCUT2D eigenvalue weighted by atomic mass is 10.0. The van der Waals surface area contributed by atoms with E-state index in [1.165, 1.54) is 64.7 Å². The molecule has 4 nitrogen and oxygen atoms in total. The topological polar surface area (TPSA) is 31.4 Å². The van der Waals surface area contributed by atoms with Gasteiger partial charge in [-0.2, -0.15) is 0 Å². The van der Waals surface area contributed by atoms with Gasteiger partial charge in [-0.15, -0.1) is 0 Å². The quantitative estimate of drug-likeness (QED) is 0.800. The van der Waals surface area contributed by atoms with Crippen molar-refractivity contribution in [2.24, 2.45) is 0 Å². The molecule has 1 unspecified atom stereocenters. The van der Waals surface area contributed by atoms with Gasteiger partial charge >= 0.3 is 0 Å². The number of piperidine rings is 2. The number of thiocarbonyl (C=S) groups is 1. The normalized spacial score (nSPS) is 21.3. The molecule has 5 heteroatoms. The summed E-state index contributed by atoms with van der Waals surface area (Å²) in [5.41, 5.74) is 1.10. The first-order valence-corrected chi connectivity index (χ1v) is 9.87. The van der Waals surface area contributed by atoms with Gasteiger partial charge < -0.3 is 10.2 Å². The number of nitrogens with zero attached hydrogens (tertiary/aromatic N) is 3. The molecule has 2 aliphatic heterocycles. The summed E-state index contributed by atoms with van der Waals surface area (Å²) in [7, 11) is 0. The molecule has 1 aromatic heterocycles. The van der Waals surface area contributed by atoms with E-state index >= 15 is 0 Å². The molecule has 0 amide bonds. The van der Waals surface area contributed by atoms with E-state index in [9.17, 15) is 0 Å². The van der Waals surface area contributed by atoms with E-state index in [1.807, 2.05) is 12.3 Å². The van der Waals surface area contributed by atoms with Crippen LogP contribution >= 0.6 is 12.2 Å². The predicted octanol–water partition coefficient (Wildman–Crippen LogP) is 3.01. The largest absolute Gasteiger partial charge is 0.366 e. The van der Waals surface area contributed by atoms with Crippen molar-refractivity contribution in [1.82, 2.24) is 20.1 Å². The van der Waals surface area contributed by atoms with E-state index < -0.39 is 0 Å². The lowest BCUT2D eigenvalue weighted by molar-refractivity contribution is 0.218. The molecule has 0 saturated carbocycles. The monoisotopic (exact) mass is 346 g/mol. The zero-order chi connectivity index (χ0) is 16.6. The molecule has 0 spiro atoms. The second-order valence-electron chi connectivity index (χ2n) is 7.05. The van der Waals surface area contributed by atoms with Crippen LogP contribution < -0.4 is 5.32 Å². The Morgan fingerprint density at radius 3 is 2.29 bits per heavy atom. The van der Waals surface area contributed by atoms with Gasteiger partial charge in [-0.1, -0.05) is 31.1 Å². The maximum Gasteiger partial charge on any atom is 0.0868 e. The Morgan fingerprint density at radius 1 is 1.00 bits per heavy atom. The Bertz CT molecular complexity index is 495. The SMILES string of the molecule is S=C(NCN1CCCCC1)C(CN1CCCCC1)c1ccccn1. The van der Waals surface area contributed by atoms with Gasteiger partial charge in [0.15, 0.2) is 0 Å². The maximum absolute atomic E-state index is 5.79. The van der Waals surface area contributed by atoms with E-state index in [1.54, 1.807) is 0 Å². The summed E-state index contributed by atoms with van der Waals surface area (Å²) in [5.74, 6) is 0.198. The molecule has 0 bridgehead atoms. The molecular formula is C19H30N4S. The minimum absolute atomic E-state index is 0.198. The fraction of sp³-hybridized carbons (Fsp3) is 0.684. The molecule has 1 atom stereocenters. The molecule has 0 aliphatic carbocycles. The first-order valence-electron chi connectivity index (χ1n) is 9.46. The number of hydrogen-bond donors (Lipinski definition) is 1. The van der Waals surface area contributed by atoms with Crippen LogP contribution in [0.15, 0.2) is 24.4 Å². The molecule has 1 N–H and O–H groups in total. The summed E-state index contributed by atoms with van der Waals surface area (Å²) in [4.78, 5) is 10.6. The highest BCUT2D eigenvalue weighted by Crippen LogP contribution is 2.19. The summed E-state index contributed by atoms with van der Waals surface area (Å²) in [6.07, 6.45) is 9.85. The Kier molecular flexibility index (Phi) is 6.99. The van der Waals surface area contributed by atoms with Crippen LogP contribution in [-0.2, 0) is 0 Å². The fourth-order valence-electron chi connectivity index (χ4n) is 3.72. The summed E-state index contributed by atoms with van der Waals surface area (Å²) in [6, 6.07) is 6.16. The first kappa shape index (κ1) is 17.8. The first-order chi connectivity index (χ1) is 11.8. The molecule has 2 saturated heterocycles. The van der Waals surface area contributed by atoms with E-state index in [2.05, 4.69) is 32.2 Å². The summed E-state index contributed by atoms with van der Waals surface area (Å²) in [5, 5.41) is 3.53. The van der Waals surface area contributed by atoms with Gasteiger partial charge in [-0.25, -0.2) is 0 Å². The Balaban J connectivity index is 1.60. The van der Waals surface area contributed by atoms with Crippen molar-refractivity contribution in [1.29, 1.82) is 0 Å². The Hall–Kier alpha value is -1.04. The van der Waals surface area contributed by atoms with Gasteiger partial charge in [-0.05, 0) is 64.0 Å². The van der Waals surface area contributed by atoms with Crippen LogP contribution in [0.5, 0.6) is 0 Å². The van der Waals surface area contributed by atoms with Crippen molar-refractivity contribution in [2.75, 3.05) is 39.4 Å².